The van der Waals surface area contributed by atoms with Crippen molar-refractivity contribution in [1.82, 2.24) is 5.32 Å². The molecule has 1 aliphatic rings. The Morgan fingerprint density at radius 2 is 2.50 bits per heavy atom. The van der Waals surface area contributed by atoms with Crippen LogP contribution in [0.3, 0.4) is 0 Å². The number of benzene rings is 1. The molecular formula is C10H11N2O2. The van der Waals surface area contributed by atoms with Gasteiger partial charge in [0.2, 0.25) is 0 Å². The smallest absolute Gasteiger partial charge is 0.274 e. The van der Waals surface area contributed by atoms with Gasteiger partial charge in [0, 0.05) is 17.7 Å². The van der Waals surface area contributed by atoms with Crippen LogP contribution in [-0.2, 0) is 0 Å². The molecule has 2 rings (SSSR count). The largest absolute Gasteiger partial charge is 0.310 e. The fraction of sp³-hybridized carbons (Fsp3) is 0.400. The van der Waals surface area contributed by atoms with Crippen LogP contribution in [0.5, 0.6) is 0 Å². The third-order valence-electron chi connectivity index (χ3n) is 2.51. The molecule has 0 aliphatic carbocycles. The average Bonchev–Trinajstić information content (AvgIpc) is 2.70. The van der Waals surface area contributed by atoms with Crippen LogP contribution < -0.4 is 5.32 Å². The number of rotatable bonds is 2. The van der Waals surface area contributed by atoms with Crippen molar-refractivity contribution in [2.75, 3.05) is 6.54 Å². The lowest BCUT2D eigenvalue weighted by Crippen LogP contribution is -2.14. The van der Waals surface area contributed by atoms with Gasteiger partial charge in [0.25, 0.3) is 5.69 Å². The number of nitro benzene ring substituents is 1. The molecule has 4 nitrogen and oxygen atoms in total. The Bertz CT molecular complexity index is 346. The number of hydrogen-bond donors (Lipinski definition) is 1. The quantitative estimate of drug-likeness (QED) is 0.573. The standard InChI is InChI=1S/C10H11N2O2/c13-12(14)10-6-2-1-4-8(10)9-5-3-7-11-9/h1,4,6,9,11H,3,5,7H2. The molecule has 1 aromatic carbocycles. The summed E-state index contributed by atoms with van der Waals surface area (Å²) in [4.78, 5) is 10.4. The molecule has 1 fully saturated rings. The van der Waals surface area contributed by atoms with Crippen LogP contribution >= 0.6 is 0 Å². The zero-order chi connectivity index (χ0) is 9.97. The normalized spacial score (nSPS) is 21.0. The van der Waals surface area contributed by atoms with Gasteiger partial charge < -0.3 is 5.32 Å². The molecule has 73 valence electrons. The first kappa shape index (κ1) is 9.15. The Balaban J connectivity index is 2.35. The molecule has 0 amide bonds. The van der Waals surface area contributed by atoms with Crippen molar-refractivity contribution in [3.8, 4) is 0 Å². The van der Waals surface area contributed by atoms with E-state index in [0.29, 0.717) is 0 Å². The van der Waals surface area contributed by atoms with Gasteiger partial charge in [-0.15, -0.1) is 0 Å². The molecule has 1 atom stereocenters. The van der Waals surface area contributed by atoms with Crippen LogP contribution in [0.4, 0.5) is 5.69 Å². The molecule has 0 saturated carbocycles. The SMILES string of the molecule is O=[N+]([O-])c1c[c]ccc1C1CCCN1. The maximum atomic E-state index is 10.7. The van der Waals surface area contributed by atoms with E-state index in [1.165, 1.54) is 6.07 Å². The molecule has 0 spiro atoms. The van der Waals surface area contributed by atoms with Crippen molar-refractivity contribution in [2.45, 2.75) is 18.9 Å². The molecule has 14 heavy (non-hydrogen) atoms. The van der Waals surface area contributed by atoms with E-state index < -0.39 is 0 Å². The minimum atomic E-state index is -0.341. The van der Waals surface area contributed by atoms with E-state index in [9.17, 15) is 10.1 Å². The second kappa shape index (κ2) is 3.75. The predicted molar refractivity (Wildman–Crippen MR) is 51.9 cm³/mol. The van der Waals surface area contributed by atoms with E-state index in [1.807, 2.05) is 0 Å². The summed E-state index contributed by atoms with van der Waals surface area (Å²) in [5.74, 6) is 0. The van der Waals surface area contributed by atoms with Gasteiger partial charge in [0.05, 0.1) is 4.92 Å². The van der Waals surface area contributed by atoms with Gasteiger partial charge in [-0.2, -0.15) is 0 Å². The Kier molecular flexibility index (Phi) is 2.45. The first-order valence-electron chi connectivity index (χ1n) is 4.67. The topological polar surface area (TPSA) is 55.2 Å². The molecule has 1 N–H and O–H groups in total. The fourth-order valence-electron chi connectivity index (χ4n) is 1.84. The lowest BCUT2D eigenvalue weighted by molar-refractivity contribution is -0.385. The predicted octanol–water partition coefficient (Wildman–Crippen LogP) is 1.82. The Morgan fingerprint density at radius 1 is 1.64 bits per heavy atom. The minimum Gasteiger partial charge on any atom is -0.310 e. The lowest BCUT2D eigenvalue weighted by Gasteiger charge is -2.09. The summed E-state index contributed by atoms with van der Waals surface area (Å²) in [6.07, 6.45) is 2.06. The maximum Gasteiger partial charge on any atom is 0.274 e. The van der Waals surface area contributed by atoms with Crippen LogP contribution in [0.2, 0.25) is 0 Å². The van der Waals surface area contributed by atoms with E-state index in [2.05, 4.69) is 11.4 Å². The number of nitrogens with one attached hydrogen (secondary N) is 1. The summed E-state index contributed by atoms with van der Waals surface area (Å²) in [5, 5.41) is 14.0. The highest BCUT2D eigenvalue weighted by Gasteiger charge is 2.23. The summed E-state index contributed by atoms with van der Waals surface area (Å²) in [6, 6.07) is 7.82. The molecule has 0 aromatic heterocycles. The molecule has 1 aromatic rings. The number of hydrogen-bond acceptors (Lipinski definition) is 3. The molecule has 0 bridgehead atoms. The van der Waals surface area contributed by atoms with Crippen LogP contribution in [0, 0.1) is 16.2 Å². The third-order valence-corrected chi connectivity index (χ3v) is 2.51. The molecule has 4 heteroatoms. The number of nitrogens with zero attached hydrogens (tertiary/aromatic N) is 1. The van der Waals surface area contributed by atoms with Crippen molar-refractivity contribution >= 4 is 5.69 Å². The van der Waals surface area contributed by atoms with Crippen LogP contribution in [-0.4, -0.2) is 11.5 Å². The first-order valence-corrected chi connectivity index (χ1v) is 4.67. The molecule has 1 heterocycles. The van der Waals surface area contributed by atoms with Crippen molar-refractivity contribution in [2.24, 2.45) is 0 Å². The second-order valence-electron chi connectivity index (χ2n) is 3.39. The summed E-state index contributed by atoms with van der Waals surface area (Å²) >= 11 is 0. The Labute approximate surface area is 82.1 Å². The van der Waals surface area contributed by atoms with E-state index in [4.69, 9.17) is 0 Å². The summed E-state index contributed by atoms with van der Waals surface area (Å²) in [7, 11) is 0. The van der Waals surface area contributed by atoms with Gasteiger partial charge >= 0.3 is 0 Å². The minimum absolute atomic E-state index is 0.144. The van der Waals surface area contributed by atoms with Gasteiger partial charge in [-0.05, 0) is 31.5 Å². The van der Waals surface area contributed by atoms with Crippen molar-refractivity contribution < 1.29 is 4.92 Å². The third kappa shape index (κ3) is 1.61. The van der Waals surface area contributed by atoms with Crippen LogP contribution in [0.25, 0.3) is 0 Å². The fourth-order valence-corrected chi connectivity index (χ4v) is 1.84. The van der Waals surface area contributed by atoms with Crippen molar-refractivity contribution in [1.29, 1.82) is 0 Å². The van der Waals surface area contributed by atoms with E-state index in [1.54, 1.807) is 12.1 Å². The van der Waals surface area contributed by atoms with E-state index in [0.717, 1.165) is 24.9 Å². The second-order valence-corrected chi connectivity index (χ2v) is 3.39. The van der Waals surface area contributed by atoms with Crippen LogP contribution in [0.15, 0.2) is 18.2 Å². The maximum absolute atomic E-state index is 10.7. The Morgan fingerprint density at radius 3 is 3.14 bits per heavy atom. The van der Waals surface area contributed by atoms with E-state index in [-0.39, 0.29) is 16.7 Å². The molecule has 1 aliphatic heterocycles. The Hall–Kier alpha value is -1.42. The van der Waals surface area contributed by atoms with Gasteiger partial charge in [-0.1, -0.05) is 6.07 Å². The molecule has 1 radical (unpaired) electrons. The van der Waals surface area contributed by atoms with Crippen molar-refractivity contribution in [3.05, 3.63) is 39.9 Å². The summed E-state index contributed by atoms with van der Waals surface area (Å²) in [5.41, 5.74) is 0.957. The van der Waals surface area contributed by atoms with Gasteiger partial charge in [-0.3, -0.25) is 10.1 Å². The molecule has 1 saturated heterocycles. The summed E-state index contributed by atoms with van der Waals surface area (Å²) in [6.45, 7) is 0.945. The monoisotopic (exact) mass is 191 g/mol. The zero-order valence-corrected chi connectivity index (χ0v) is 7.69. The highest BCUT2D eigenvalue weighted by Crippen LogP contribution is 2.29. The highest BCUT2D eigenvalue weighted by atomic mass is 16.6. The van der Waals surface area contributed by atoms with E-state index >= 15 is 0 Å². The van der Waals surface area contributed by atoms with Crippen LogP contribution in [0.1, 0.15) is 24.4 Å². The van der Waals surface area contributed by atoms with Gasteiger partial charge in [0.15, 0.2) is 0 Å². The average molecular weight is 191 g/mol. The van der Waals surface area contributed by atoms with Gasteiger partial charge in [0.1, 0.15) is 0 Å². The molecular weight excluding hydrogens is 180 g/mol. The zero-order valence-electron chi connectivity index (χ0n) is 7.69. The summed E-state index contributed by atoms with van der Waals surface area (Å²) < 4.78 is 0. The number of nitro groups is 1. The molecule has 1 unspecified atom stereocenters. The first-order chi connectivity index (χ1) is 6.79. The highest BCUT2D eigenvalue weighted by molar-refractivity contribution is 5.41. The lowest BCUT2D eigenvalue weighted by atomic mass is 10.0. The van der Waals surface area contributed by atoms with Gasteiger partial charge in [-0.25, -0.2) is 0 Å². The van der Waals surface area contributed by atoms with Crippen molar-refractivity contribution in [3.63, 3.8) is 0 Å².